The highest BCUT2D eigenvalue weighted by atomic mass is 15.7. The van der Waals surface area contributed by atoms with Gasteiger partial charge in [0, 0.05) is 33.7 Å². The lowest BCUT2D eigenvalue weighted by atomic mass is 10.3. The fourth-order valence-electron chi connectivity index (χ4n) is 1.63. The Hall–Kier alpha value is -0.160. The lowest BCUT2D eigenvalue weighted by Crippen LogP contribution is -2.61. The van der Waals surface area contributed by atoms with Crippen molar-refractivity contribution in [2.75, 3.05) is 47.8 Å². The van der Waals surface area contributed by atoms with E-state index in [0.717, 1.165) is 19.6 Å². The summed E-state index contributed by atoms with van der Waals surface area (Å²) in [6.07, 6.45) is 0.457. The third-order valence-electron chi connectivity index (χ3n) is 2.40. The molecule has 0 bridgehead atoms. The maximum absolute atomic E-state index is 3.31. The molecule has 1 N–H and O–H groups in total. The van der Waals surface area contributed by atoms with Crippen molar-refractivity contribution in [3.05, 3.63) is 0 Å². The molecular formula is C8H20N4. The summed E-state index contributed by atoms with van der Waals surface area (Å²) in [5.74, 6) is 0. The zero-order valence-electron chi connectivity index (χ0n) is 8.54. The predicted molar refractivity (Wildman–Crippen MR) is 50.7 cm³/mol. The molecule has 1 heterocycles. The molecular weight excluding hydrogens is 152 g/mol. The Labute approximate surface area is 75.1 Å². The lowest BCUT2D eigenvalue weighted by Gasteiger charge is -2.42. The van der Waals surface area contributed by atoms with E-state index in [0.29, 0.717) is 6.17 Å². The number of hydrazine groups is 1. The zero-order valence-corrected chi connectivity index (χ0v) is 8.54. The SMILES string of the molecule is CNC1CN(C)CCN1N(C)C. The van der Waals surface area contributed by atoms with E-state index in [1.54, 1.807) is 0 Å². The molecule has 1 unspecified atom stereocenters. The topological polar surface area (TPSA) is 21.8 Å². The van der Waals surface area contributed by atoms with Crippen LogP contribution >= 0.6 is 0 Å². The summed E-state index contributed by atoms with van der Waals surface area (Å²) in [7, 11) is 8.36. The molecule has 0 aromatic heterocycles. The van der Waals surface area contributed by atoms with Gasteiger partial charge >= 0.3 is 0 Å². The molecule has 0 saturated carbocycles. The molecule has 12 heavy (non-hydrogen) atoms. The molecule has 1 saturated heterocycles. The first-order valence-corrected chi connectivity index (χ1v) is 4.45. The molecule has 0 radical (unpaired) electrons. The van der Waals surface area contributed by atoms with Crippen LogP contribution in [0.25, 0.3) is 0 Å². The Bertz CT molecular complexity index is 137. The van der Waals surface area contributed by atoms with E-state index in [4.69, 9.17) is 0 Å². The second-order valence-corrected chi connectivity index (χ2v) is 3.58. The molecule has 1 atom stereocenters. The van der Waals surface area contributed by atoms with Crippen molar-refractivity contribution in [2.24, 2.45) is 0 Å². The van der Waals surface area contributed by atoms with Crippen LogP contribution in [0.5, 0.6) is 0 Å². The van der Waals surface area contributed by atoms with Gasteiger partial charge in [-0.25, -0.2) is 10.0 Å². The van der Waals surface area contributed by atoms with E-state index < -0.39 is 0 Å². The largest absolute Gasteiger partial charge is 0.303 e. The van der Waals surface area contributed by atoms with Crippen molar-refractivity contribution < 1.29 is 0 Å². The average molecular weight is 172 g/mol. The number of piperazine rings is 1. The van der Waals surface area contributed by atoms with Crippen LogP contribution in [0.15, 0.2) is 0 Å². The summed E-state index contributed by atoms with van der Waals surface area (Å²) in [6, 6.07) is 0. The van der Waals surface area contributed by atoms with Gasteiger partial charge in [-0.05, 0) is 14.1 Å². The number of nitrogens with zero attached hydrogens (tertiary/aromatic N) is 3. The first-order chi connectivity index (χ1) is 5.65. The molecule has 4 heteroatoms. The van der Waals surface area contributed by atoms with Gasteiger partial charge in [-0.3, -0.25) is 0 Å². The maximum atomic E-state index is 3.31. The summed E-state index contributed by atoms with van der Waals surface area (Å²) in [6.45, 7) is 3.35. The minimum Gasteiger partial charge on any atom is -0.303 e. The van der Waals surface area contributed by atoms with Crippen molar-refractivity contribution in [3.63, 3.8) is 0 Å². The van der Waals surface area contributed by atoms with E-state index in [1.807, 2.05) is 7.05 Å². The fourth-order valence-corrected chi connectivity index (χ4v) is 1.63. The maximum Gasteiger partial charge on any atom is 0.0861 e. The van der Waals surface area contributed by atoms with Gasteiger partial charge in [0.05, 0.1) is 6.17 Å². The van der Waals surface area contributed by atoms with Crippen molar-refractivity contribution in [2.45, 2.75) is 6.17 Å². The number of hydrogen-bond donors (Lipinski definition) is 1. The van der Waals surface area contributed by atoms with Crippen LogP contribution in [0.2, 0.25) is 0 Å². The molecule has 0 aromatic carbocycles. The van der Waals surface area contributed by atoms with Crippen LogP contribution in [-0.4, -0.2) is 68.9 Å². The minimum atomic E-state index is 0.457. The van der Waals surface area contributed by atoms with E-state index in [1.165, 1.54) is 0 Å². The van der Waals surface area contributed by atoms with Gasteiger partial charge in [0.2, 0.25) is 0 Å². The normalized spacial score (nSPS) is 28.2. The van der Waals surface area contributed by atoms with Crippen LogP contribution in [0.3, 0.4) is 0 Å². The Balaban J connectivity index is 2.50. The van der Waals surface area contributed by atoms with Crippen LogP contribution < -0.4 is 5.32 Å². The summed E-state index contributed by atoms with van der Waals surface area (Å²) in [4.78, 5) is 2.35. The summed E-state index contributed by atoms with van der Waals surface area (Å²) >= 11 is 0. The standard InChI is InChI=1S/C8H20N4/c1-9-8-7-11(4)5-6-12(8)10(2)3/h8-9H,5-7H2,1-4H3. The first-order valence-electron chi connectivity index (χ1n) is 4.45. The quantitative estimate of drug-likeness (QED) is 0.592. The Morgan fingerprint density at radius 1 is 1.33 bits per heavy atom. The van der Waals surface area contributed by atoms with Crippen molar-refractivity contribution in [1.29, 1.82) is 0 Å². The first kappa shape index (κ1) is 9.92. The highest BCUT2D eigenvalue weighted by molar-refractivity contribution is 4.75. The smallest absolute Gasteiger partial charge is 0.0861 e. The van der Waals surface area contributed by atoms with Gasteiger partial charge < -0.3 is 10.2 Å². The van der Waals surface area contributed by atoms with Gasteiger partial charge in [-0.1, -0.05) is 0 Å². The number of rotatable bonds is 2. The molecule has 4 nitrogen and oxygen atoms in total. The Kier molecular flexibility index (Phi) is 3.46. The van der Waals surface area contributed by atoms with Gasteiger partial charge in [0.1, 0.15) is 0 Å². The van der Waals surface area contributed by atoms with E-state index in [9.17, 15) is 0 Å². The van der Waals surface area contributed by atoms with Crippen LogP contribution in [0.4, 0.5) is 0 Å². The minimum absolute atomic E-state index is 0.457. The molecule has 1 aliphatic heterocycles. The Morgan fingerprint density at radius 3 is 2.50 bits per heavy atom. The second-order valence-electron chi connectivity index (χ2n) is 3.58. The van der Waals surface area contributed by atoms with Crippen molar-refractivity contribution in [3.8, 4) is 0 Å². The summed E-state index contributed by atoms with van der Waals surface area (Å²) in [5.41, 5.74) is 0. The van der Waals surface area contributed by atoms with Gasteiger partial charge in [-0.2, -0.15) is 0 Å². The highest BCUT2D eigenvalue weighted by Gasteiger charge is 2.24. The van der Waals surface area contributed by atoms with Crippen molar-refractivity contribution in [1.82, 2.24) is 20.2 Å². The number of likely N-dealkylation sites (N-methyl/N-ethyl adjacent to an activating group) is 2. The fraction of sp³-hybridized carbons (Fsp3) is 1.00. The lowest BCUT2D eigenvalue weighted by molar-refractivity contribution is -0.0681. The summed E-state index contributed by atoms with van der Waals surface area (Å²) < 4.78 is 0. The average Bonchev–Trinajstić information content (AvgIpc) is 2.03. The van der Waals surface area contributed by atoms with Crippen LogP contribution in [0, 0.1) is 0 Å². The highest BCUT2D eigenvalue weighted by Crippen LogP contribution is 2.06. The molecule has 0 aromatic rings. The monoisotopic (exact) mass is 172 g/mol. The molecule has 72 valence electrons. The van der Waals surface area contributed by atoms with Gasteiger partial charge in [-0.15, -0.1) is 0 Å². The molecule has 1 fully saturated rings. The molecule has 0 amide bonds. The van der Waals surface area contributed by atoms with Gasteiger partial charge in [0.25, 0.3) is 0 Å². The van der Waals surface area contributed by atoms with Crippen LogP contribution in [0.1, 0.15) is 0 Å². The van der Waals surface area contributed by atoms with E-state index in [-0.39, 0.29) is 0 Å². The molecule has 1 aliphatic rings. The molecule has 1 rings (SSSR count). The zero-order chi connectivity index (χ0) is 9.14. The molecule has 0 aliphatic carbocycles. The third-order valence-corrected chi connectivity index (χ3v) is 2.40. The number of hydrogen-bond acceptors (Lipinski definition) is 4. The van der Waals surface area contributed by atoms with E-state index in [2.05, 4.69) is 41.4 Å². The second kappa shape index (κ2) is 4.18. The Morgan fingerprint density at radius 2 is 2.00 bits per heavy atom. The predicted octanol–water partition coefficient (Wildman–Crippen LogP) is -0.744. The number of nitrogens with one attached hydrogen (secondary N) is 1. The molecule has 0 spiro atoms. The summed E-state index contributed by atoms with van der Waals surface area (Å²) in [5, 5.41) is 7.82. The van der Waals surface area contributed by atoms with Gasteiger partial charge in [0.15, 0.2) is 0 Å². The van der Waals surface area contributed by atoms with Crippen molar-refractivity contribution >= 4 is 0 Å². The van der Waals surface area contributed by atoms with E-state index >= 15 is 0 Å². The third kappa shape index (κ3) is 2.17. The van der Waals surface area contributed by atoms with Crippen LogP contribution in [-0.2, 0) is 0 Å².